The molecule has 0 aliphatic carbocycles. The van der Waals surface area contributed by atoms with Crippen LogP contribution < -0.4 is 4.90 Å². The lowest BCUT2D eigenvalue weighted by Crippen LogP contribution is -2.43. The van der Waals surface area contributed by atoms with E-state index in [-0.39, 0.29) is 37.5 Å². The van der Waals surface area contributed by atoms with Gasteiger partial charge in [0.05, 0.1) is 18.8 Å². The van der Waals surface area contributed by atoms with Gasteiger partial charge in [-0.05, 0) is 66.0 Å². The fraction of sp³-hybridized carbons (Fsp3) is 0.517. The van der Waals surface area contributed by atoms with Gasteiger partial charge in [-0.2, -0.15) is 0 Å². The van der Waals surface area contributed by atoms with Crippen molar-refractivity contribution >= 4 is 29.2 Å². The van der Waals surface area contributed by atoms with Crippen LogP contribution in [0.3, 0.4) is 0 Å². The molecule has 3 amide bonds. The number of benzene rings is 2. The smallest absolute Gasteiger partial charge is 0.331 e. The monoisotopic (exact) mass is 528 g/mol. The first-order valence-corrected chi connectivity index (χ1v) is 13.3. The van der Waals surface area contributed by atoms with Crippen LogP contribution in [-0.2, 0) is 25.4 Å². The maximum absolute atomic E-state index is 12.5. The molecule has 2 fully saturated rings. The van der Waals surface area contributed by atoms with E-state index in [2.05, 4.69) is 32.9 Å². The highest BCUT2D eigenvalue weighted by Gasteiger charge is 2.40. The lowest BCUT2D eigenvalue weighted by molar-refractivity contribution is -0.171. The van der Waals surface area contributed by atoms with Gasteiger partial charge in [-0.1, -0.05) is 56.6 Å². The van der Waals surface area contributed by atoms with E-state index in [1.54, 1.807) is 14.0 Å². The fourth-order valence-corrected chi connectivity index (χ4v) is 5.51. The van der Waals surface area contributed by atoms with Crippen LogP contribution in [0.25, 0.3) is 0 Å². The van der Waals surface area contributed by atoms with Gasteiger partial charge in [0, 0.05) is 24.4 Å². The van der Waals surface area contributed by atoms with Crippen molar-refractivity contribution in [3.63, 3.8) is 0 Å². The molecular weight excluding hydrogens is 492 g/mol. The lowest BCUT2D eigenvalue weighted by Gasteiger charge is -2.44. The minimum atomic E-state index is -0.271. The number of amides is 3. The summed E-state index contributed by atoms with van der Waals surface area (Å²) in [5, 5.41) is 0.705. The maximum Gasteiger partial charge on any atom is 0.331 e. The highest BCUT2D eigenvalue weighted by atomic mass is 35.5. The Labute approximate surface area is 224 Å². The molecule has 0 radical (unpaired) electrons. The van der Waals surface area contributed by atoms with Crippen molar-refractivity contribution in [3.8, 4) is 0 Å². The minimum Gasteiger partial charge on any atom is -0.367 e. The zero-order valence-corrected chi connectivity index (χ0v) is 23.0. The molecule has 200 valence electrons. The van der Waals surface area contributed by atoms with Crippen LogP contribution in [0.2, 0.25) is 5.02 Å². The minimum absolute atomic E-state index is 0.0122. The van der Waals surface area contributed by atoms with Gasteiger partial charge in [0.15, 0.2) is 0 Å². The van der Waals surface area contributed by atoms with Crippen LogP contribution in [0, 0.1) is 17.8 Å². The molecule has 0 saturated carbocycles. The molecule has 2 aliphatic heterocycles. The van der Waals surface area contributed by atoms with E-state index >= 15 is 0 Å². The van der Waals surface area contributed by atoms with Gasteiger partial charge in [0.1, 0.15) is 13.3 Å². The fourth-order valence-electron chi connectivity index (χ4n) is 5.32. The summed E-state index contributed by atoms with van der Waals surface area (Å²) in [6.07, 6.45) is 0.580. The molecule has 2 heterocycles. The number of rotatable bonds is 9. The summed E-state index contributed by atoms with van der Waals surface area (Å²) < 4.78 is 17.3. The third kappa shape index (κ3) is 5.85. The van der Waals surface area contributed by atoms with E-state index in [1.165, 1.54) is 9.80 Å². The Balaban J connectivity index is 1.49. The average molecular weight is 529 g/mol. The topological polar surface area (TPSA) is 68.3 Å². The Morgan fingerprint density at radius 1 is 1.03 bits per heavy atom. The van der Waals surface area contributed by atoms with E-state index in [4.69, 9.17) is 25.8 Å². The molecule has 7 nitrogen and oxygen atoms in total. The first-order chi connectivity index (χ1) is 17.7. The first kappa shape index (κ1) is 27.6. The predicted octanol–water partition coefficient (Wildman–Crippen LogP) is 5.69. The molecule has 0 aromatic heterocycles. The van der Waals surface area contributed by atoms with Crippen LogP contribution in [0.1, 0.15) is 50.5 Å². The molecule has 0 spiro atoms. The van der Waals surface area contributed by atoms with E-state index in [1.807, 2.05) is 30.3 Å². The standard InChI is InChI=1S/C29H37ClN2O5/c1-6-31-27(33)15-32(29(31)34)24-10-7-21(8-11-24)13-23-14-22(9-12-25(23)30)28-20(4)18(2)19(3)26(37-28)16-36-17-35-5/h7-12,14,18-20,26,28H,6,13,15-17H2,1-5H3/t18-,19-,20?,26?,28+/m0/s1. The van der Waals surface area contributed by atoms with E-state index in [9.17, 15) is 9.59 Å². The van der Waals surface area contributed by atoms with Crippen molar-refractivity contribution in [2.45, 2.75) is 46.3 Å². The van der Waals surface area contributed by atoms with Crippen molar-refractivity contribution in [3.05, 3.63) is 64.2 Å². The normalized spacial score (nSPS) is 26.3. The number of carbonyl (C=O) groups excluding carboxylic acids is 2. The highest BCUT2D eigenvalue weighted by molar-refractivity contribution is 6.31. The summed E-state index contributed by atoms with van der Waals surface area (Å²) in [4.78, 5) is 27.4. The van der Waals surface area contributed by atoms with Crippen LogP contribution in [-0.4, -0.2) is 56.5 Å². The molecule has 8 heteroatoms. The third-order valence-electron chi connectivity index (χ3n) is 7.94. The van der Waals surface area contributed by atoms with E-state index in [0.717, 1.165) is 16.7 Å². The summed E-state index contributed by atoms with van der Waals surface area (Å²) in [6.45, 7) is 9.76. The van der Waals surface area contributed by atoms with Gasteiger partial charge in [-0.25, -0.2) is 4.79 Å². The van der Waals surface area contributed by atoms with Crippen LogP contribution >= 0.6 is 11.6 Å². The molecule has 2 aromatic rings. The number of hydrogen-bond acceptors (Lipinski definition) is 5. The largest absolute Gasteiger partial charge is 0.367 e. The number of ether oxygens (including phenoxy) is 3. The number of anilines is 1. The Hall–Kier alpha value is -2.45. The number of hydrogen-bond donors (Lipinski definition) is 0. The first-order valence-electron chi connectivity index (χ1n) is 13.0. The zero-order valence-electron chi connectivity index (χ0n) is 22.3. The molecule has 5 atom stereocenters. The Morgan fingerprint density at radius 2 is 1.76 bits per heavy atom. The number of halogens is 1. The second-order valence-corrected chi connectivity index (χ2v) is 10.6. The predicted molar refractivity (Wildman–Crippen MR) is 144 cm³/mol. The van der Waals surface area contributed by atoms with Crippen LogP contribution in [0.4, 0.5) is 10.5 Å². The molecular formula is C29H37ClN2O5. The van der Waals surface area contributed by atoms with E-state index in [0.29, 0.717) is 48.0 Å². The summed E-state index contributed by atoms with van der Waals surface area (Å²) in [5.74, 6) is 1.00. The number of methoxy groups -OCH3 is 1. The third-order valence-corrected chi connectivity index (χ3v) is 8.31. The van der Waals surface area contributed by atoms with Crippen molar-refractivity contribution in [1.29, 1.82) is 0 Å². The van der Waals surface area contributed by atoms with E-state index < -0.39 is 0 Å². The molecule has 0 bridgehead atoms. The summed E-state index contributed by atoms with van der Waals surface area (Å²) in [5.41, 5.74) is 3.91. The molecule has 2 aromatic carbocycles. The molecule has 2 unspecified atom stereocenters. The zero-order chi connectivity index (χ0) is 26.7. The number of nitrogens with zero attached hydrogens (tertiary/aromatic N) is 2. The lowest BCUT2D eigenvalue weighted by atomic mass is 9.75. The number of likely N-dealkylation sites (N-methyl/N-ethyl adjacent to an activating group) is 1. The molecule has 37 heavy (non-hydrogen) atoms. The Kier molecular flexibility index (Phi) is 8.90. The Bertz CT molecular complexity index is 1110. The highest BCUT2D eigenvalue weighted by Crippen LogP contribution is 2.43. The van der Waals surface area contributed by atoms with Crippen LogP contribution in [0.5, 0.6) is 0 Å². The van der Waals surface area contributed by atoms with Gasteiger partial charge in [-0.15, -0.1) is 0 Å². The quantitative estimate of drug-likeness (QED) is 0.238. The summed E-state index contributed by atoms with van der Waals surface area (Å²) >= 11 is 6.62. The van der Waals surface area contributed by atoms with Crippen molar-refractivity contribution < 1.29 is 23.8 Å². The van der Waals surface area contributed by atoms with Gasteiger partial charge >= 0.3 is 6.03 Å². The Morgan fingerprint density at radius 3 is 2.41 bits per heavy atom. The molecule has 2 aliphatic rings. The van der Waals surface area contributed by atoms with Crippen LogP contribution in [0.15, 0.2) is 42.5 Å². The van der Waals surface area contributed by atoms with Crippen molar-refractivity contribution in [2.24, 2.45) is 17.8 Å². The second-order valence-electron chi connectivity index (χ2n) is 10.2. The van der Waals surface area contributed by atoms with Gasteiger partial charge in [0.25, 0.3) is 5.91 Å². The average Bonchev–Trinajstić information content (AvgIpc) is 3.18. The second kappa shape index (κ2) is 11.9. The maximum atomic E-state index is 12.5. The van der Waals surface area contributed by atoms with Crippen molar-refractivity contribution in [1.82, 2.24) is 4.90 Å². The molecule has 2 saturated heterocycles. The number of imide groups is 1. The van der Waals surface area contributed by atoms with Gasteiger partial charge in [-0.3, -0.25) is 14.6 Å². The van der Waals surface area contributed by atoms with Crippen molar-refractivity contribution in [2.75, 3.05) is 38.5 Å². The number of carbonyl (C=O) groups is 2. The SMILES string of the molecule is CCN1C(=O)CN(c2ccc(Cc3cc([C@@H]4OC(COCOC)[C@@H](C)[C@H](C)C4C)ccc3Cl)cc2)C1=O. The molecule has 4 rings (SSSR count). The summed E-state index contributed by atoms with van der Waals surface area (Å²) in [6, 6.07) is 13.6. The molecule has 0 N–H and O–H groups in total. The number of urea groups is 1. The summed E-state index contributed by atoms with van der Waals surface area (Å²) in [7, 11) is 1.62. The van der Waals surface area contributed by atoms with Gasteiger partial charge < -0.3 is 14.2 Å². The van der Waals surface area contributed by atoms with Gasteiger partial charge in [0.2, 0.25) is 0 Å².